The van der Waals surface area contributed by atoms with E-state index in [0.717, 1.165) is 12.6 Å². The van der Waals surface area contributed by atoms with Gasteiger partial charge in [0.25, 0.3) is 0 Å². The van der Waals surface area contributed by atoms with E-state index >= 15 is 0 Å². The first kappa shape index (κ1) is 14.1. The summed E-state index contributed by atoms with van der Waals surface area (Å²) in [7, 11) is 0. The second kappa shape index (κ2) is 6.67. The zero-order valence-electron chi connectivity index (χ0n) is 10.5. The molecular weight excluding hydrogens is 224 g/mol. The van der Waals surface area contributed by atoms with E-state index in [0.29, 0.717) is 12.2 Å². The standard InChI is InChI=1S/C13H19F2NO/c1-4-16-13(9(3)17-5-2)10-6-7-11(14)12(15)8-10/h6-9,13,16H,4-5H2,1-3H3. The summed E-state index contributed by atoms with van der Waals surface area (Å²) >= 11 is 0. The van der Waals surface area contributed by atoms with E-state index < -0.39 is 11.6 Å². The van der Waals surface area contributed by atoms with Crippen LogP contribution in [0.15, 0.2) is 18.2 Å². The molecule has 96 valence electrons. The molecule has 0 spiro atoms. The monoisotopic (exact) mass is 243 g/mol. The highest BCUT2D eigenvalue weighted by Crippen LogP contribution is 2.21. The highest BCUT2D eigenvalue weighted by molar-refractivity contribution is 5.22. The Morgan fingerprint density at radius 3 is 2.47 bits per heavy atom. The van der Waals surface area contributed by atoms with Gasteiger partial charge in [0.15, 0.2) is 11.6 Å². The van der Waals surface area contributed by atoms with Crippen LogP contribution in [-0.2, 0) is 4.74 Å². The number of halogens is 2. The molecule has 4 heteroatoms. The molecule has 0 aliphatic carbocycles. The Bertz CT molecular complexity index is 357. The van der Waals surface area contributed by atoms with E-state index in [9.17, 15) is 8.78 Å². The average Bonchev–Trinajstić information content (AvgIpc) is 2.30. The minimum absolute atomic E-state index is 0.0928. The molecule has 0 amide bonds. The second-order valence-electron chi connectivity index (χ2n) is 3.87. The summed E-state index contributed by atoms with van der Waals surface area (Å²) in [6.45, 7) is 7.11. The summed E-state index contributed by atoms with van der Waals surface area (Å²) in [5, 5.41) is 3.22. The van der Waals surface area contributed by atoms with Gasteiger partial charge in [0.2, 0.25) is 0 Å². The van der Waals surface area contributed by atoms with Crippen LogP contribution < -0.4 is 5.32 Å². The topological polar surface area (TPSA) is 21.3 Å². The van der Waals surface area contributed by atoms with Gasteiger partial charge in [-0.15, -0.1) is 0 Å². The highest BCUT2D eigenvalue weighted by Gasteiger charge is 2.19. The van der Waals surface area contributed by atoms with Crippen molar-refractivity contribution in [1.29, 1.82) is 0 Å². The third-order valence-electron chi connectivity index (χ3n) is 2.63. The molecule has 0 fully saturated rings. The first-order chi connectivity index (χ1) is 8.10. The molecule has 2 unspecified atom stereocenters. The Labute approximate surface area is 101 Å². The second-order valence-corrected chi connectivity index (χ2v) is 3.87. The lowest BCUT2D eigenvalue weighted by atomic mass is 10.0. The van der Waals surface area contributed by atoms with Gasteiger partial charge >= 0.3 is 0 Å². The van der Waals surface area contributed by atoms with Crippen molar-refractivity contribution < 1.29 is 13.5 Å². The molecular formula is C13H19F2NO. The molecule has 0 saturated heterocycles. The number of nitrogens with one attached hydrogen (secondary N) is 1. The first-order valence-corrected chi connectivity index (χ1v) is 5.90. The smallest absolute Gasteiger partial charge is 0.159 e. The minimum Gasteiger partial charge on any atom is -0.377 e. The quantitative estimate of drug-likeness (QED) is 0.829. The summed E-state index contributed by atoms with van der Waals surface area (Å²) in [4.78, 5) is 0. The maximum Gasteiger partial charge on any atom is 0.159 e. The first-order valence-electron chi connectivity index (χ1n) is 5.90. The van der Waals surface area contributed by atoms with Crippen LogP contribution in [0.5, 0.6) is 0 Å². The van der Waals surface area contributed by atoms with E-state index in [4.69, 9.17) is 4.74 Å². The van der Waals surface area contributed by atoms with E-state index in [1.807, 2.05) is 20.8 Å². The van der Waals surface area contributed by atoms with Crippen LogP contribution in [0.3, 0.4) is 0 Å². The Hall–Kier alpha value is -1.00. The molecule has 0 saturated carbocycles. The van der Waals surface area contributed by atoms with Gasteiger partial charge in [-0.2, -0.15) is 0 Å². The summed E-state index contributed by atoms with van der Waals surface area (Å²) < 4.78 is 31.6. The zero-order chi connectivity index (χ0) is 12.8. The van der Waals surface area contributed by atoms with Crippen molar-refractivity contribution in [3.05, 3.63) is 35.4 Å². The summed E-state index contributed by atoms with van der Waals surface area (Å²) in [5.74, 6) is -1.65. The third kappa shape index (κ3) is 3.75. The SMILES string of the molecule is CCNC(c1ccc(F)c(F)c1)C(C)OCC. The number of ether oxygens (including phenoxy) is 1. The molecule has 1 N–H and O–H groups in total. The minimum atomic E-state index is -0.826. The lowest BCUT2D eigenvalue weighted by Crippen LogP contribution is -2.32. The Kier molecular flexibility index (Phi) is 5.51. The van der Waals surface area contributed by atoms with Crippen LogP contribution in [0, 0.1) is 11.6 Å². The van der Waals surface area contributed by atoms with Crippen LogP contribution in [0.4, 0.5) is 8.78 Å². The van der Waals surface area contributed by atoms with Crippen molar-refractivity contribution in [2.75, 3.05) is 13.2 Å². The normalized spacial score (nSPS) is 14.6. The van der Waals surface area contributed by atoms with Gasteiger partial charge in [0, 0.05) is 6.61 Å². The fourth-order valence-electron chi connectivity index (χ4n) is 1.84. The maximum atomic E-state index is 13.2. The average molecular weight is 243 g/mol. The van der Waals surface area contributed by atoms with Gasteiger partial charge in [-0.3, -0.25) is 0 Å². The maximum absolute atomic E-state index is 13.2. The molecule has 17 heavy (non-hydrogen) atoms. The fourth-order valence-corrected chi connectivity index (χ4v) is 1.84. The zero-order valence-corrected chi connectivity index (χ0v) is 10.5. The van der Waals surface area contributed by atoms with Gasteiger partial charge in [0.05, 0.1) is 12.1 Å². The number of benzene rings is 1. The van der Waals surface area contributed by atoms with Crippen molar-refractivity contribution >= 4 is 0 Å². The summed E-state index contributed by atoms with van der Waals surface area (Å²) in [6, 6.07) is 3.82. The molecule has 0 aliphatic heterocycles. The van der Waals surface area contributed by atoms with Crippen molar-refractivity contribution in [2.45, 2.75) is 32.9 Å². The largest absolute Gasteiger partial charge is 0.377 e. The summed E-state index contributed by atoms with van der Waals surface area (Å²) in [6.07, 6.45) is -0.0928. The van der Waals surface area contributed by atoms with Gasteiger partial charge in [-0.05, 0) is 38.1 Å². The Balaban J connectivity index is 2.92. The van der Waals surface area contributed by atoms with Gasteiger partial charge in [-0.1, -0.05) is 13.0 Å². The molecule has 1 aromatic carbocycles. The third-order valence-corrected chi connectivity index (χ3v) is 2.63. The molecule has 0 radical (unpaired) electrons. The van der Waals surface area contributed by atoms with Gasteiger partial charge in [-0.25, -0.2) is 8.78 Å². The molecule has 0 aliphatic rings. The highest BCUT2D eigenvalue weighted by atomic mass is 19.2. The molecule has 1 rings (SSSR count). The molecule has 0 bridgehead atoms. The molecule has 1 aromatic rings. The van der Waals surface area contributed by atoms with Crippen LogP contribution >= 0.6 is 0 Å². The van der Waals surface area contributed by atoms with Crippen LogP contribution in [0.25, 0.3) is 0 Å². The van der Waals surface area contributed by atoms with Crippen LogP contribution in [0.1, 0.15) is 32.4 Å². The summed E-state index contributed by atoms with van der Waals surface area (Å²) in [5.41, 5.74) is 0.701. The fraction of sp³-hybridized carbons (Fsp3) is 0.538. The van der Waals surface area contributed by atoms with E-state index in [2.05, 4.69) is 5.32 Å². The number of likely N-dealkylation sites (N-methyl/N-ethyl adjacent to an activating group) is 1. The van der Waals surface area contributed by atoms with E-state index in [-0.39, 0.29) is 12.1 Å². The number of rotatable bonds is 6. The van der Waals surface area contributed by atoms with E-state index in [1.54, 1.807) is 6.07 Å². The van der Waals surface area contributed by atoms with Gasteiger partial charge in [0.1, 0.15) is 0 Å². The van der Waals surface area contributed by atoms with Crippen LogP contribution in [0.2, 0.25) is 0 Å². The van der Waals surface area contributed by atoms with Gasteiger partial charge < -0.3 is 10.1 Å². The van der Waals surface area contributed by atoms with Crippen molar-refractivity contribution in [3.8, 4) is 0 Å². The Morgan fingerprint density at radius 1 is 1.24 bits per heavy atom. The number of hydrogen-bond acceptors (Lipinski definition) is 2. The van der Waals surface area contributed by atoms with Crippen molar-refractivity contribution in [3.63, 3.8) is 0 Å². The molecule has 2 nitrogen and oxygen atoms in total. The lowest BCUT2D eigenvalue weighted by molar-refractivity contribution is 0.0476. The van der Waals surface area contributed by atoms with Crippen molar-refractivity contribution in [2.24, 2.45) is 0 Å². The molecule has 0 aromatic heterocycles. The van der Waals surface area contributed by atoms with Crippen molar-refractivity contribution in [1.82, 2.24) is 5.32 Å². The van der Waals surface area contributed by atoms with E-state index in [1.165, 1.54) is 6.07 Å². The van der Waals surface area contributed by atoms with Crippen LogP contribution in [-0.4, -0.2) is 19.3 Å². The lowest BCUT2D eigenvalue weighted by Gasteiger charge is -2.25. The molecule has 0 heterocycles. The predicted molar refractivity (Wildman–Crippen MR) is 63.9 cm³/mol. The Morgan fingerprint density at radius 2 is 1.94 bits per heavy atom. The number of hydrogen-bond donors (Lipinski definition) is 1. The molecule has 2 atom stereocenters. The predicted octanol–water partition coefficient (Wildman–Crippen LogP) is 3.04.